The summed E-state index contributed by atoms with van der Waals surface area (Å²) in [5.74, 6) is -0.352. The average Bonchev–Trinajstić information content (AvgIpc) is 3.01. The Hall–Kier alpha value is -2.26. The molecule has 1 saturated carbocycles. The van der Waals surface area contributed by atoms with Crippen molar-refractivity contribution in [3.63, 3.8) is 0 Å². The number of carbonyl (C=O) groups is 2. The molecule has 1 fully saturated rings. The van der Waals surface area contributed by atoms with E-state index in [9.17, 15) is 14.9 Å². The van der Waals surface area contributed by atoms with Crippen molar-refractivity contribution < 1.29 is 9.59 Å². The lowest BCUT2D eigenvalue weighted by Gasteiger charge is -2.22. The fourth-order valence-electron chi connectivity index (χ4n) is 2.56. The van der Waals surface area contributed by atoms with Gasteiger partial charge in [-0.2, -0.15) is 5.26 Å². The molecule has 1 aliphatic rings. The first-order chi connectivity index (χ1) is 11.0. The third-order valence-electron chi connectivity index (χ3n) is 3.83. The van der Waals surface area contributed by atoms with Crippen molar-refractivity contribution in [3.05, 3.63) is 34.9 Å². The van der Waals surface area contributed by atoms with Crippen LogP contribution in [0.25, 0.3) is 0 Å². The minimum absolute atomic E-state index is 0.157. The molecule has 0 aromatic heterocycles. The summed E-state index contributed by atoms with van der Waals surface area (Å²) in [5.41, 5.74) is 0.141. The van der Waals surface area contributed by atoms with Crippen LogP contribution >= 0.6 is 11.6 Å². The Morgan fingerprint density at radius 2 is 1.83 bits per heavy atom. The van der Waals surface area contributed by atoms with Crippen molar-refractivity contribution in [1.29, 1.82) is 5.26 Å². The molecule has 0 bridgehead atoms. The molecule has 0 aliphatic heterocycles. The van der Waals surface area contributed by atoms with Gasteiger partial charge in [-0.05, 0) is 43.4 Å². The number of carbonyl (C=O) groups excluding carboxylic acids is 2. The van der Waals surface area contributed by atoms with E-state index < -0.39 is 11.6 Å². The number of hydrogen-bond donors (Lipinski definition) is 3. The third-order valence-corrected chi connectivity index (χ3v) is 4.08. The monoisotopic (exact) mass is 334 g/mol. The van der Waals surface area contributed by atoms with Crippen LogP contribution in [0.4, 0.5) is 4.79 Å². The molecule has 0 atom stereocenters. The molecule has 1 aromatic rings. The zero-order valence-electron chi connectivity index (χ0n) is 12.7. The van der Waals surface area contributed by atoms with E-state index in [0.29, 0.717) is 24.4 Å². The summed E-state index contributed by atoms with van der Waals surface area (Å²) in [4.78, 5) is 23.5. The van der Waals surface area contributed by atoms with Gasteiger partial charge in [0.15, 0.2) is 0 Å². The fraction of sp³-hybridized carbons (Fsp3) is 0.438. The van der Waals surface area contributed by atoms with Crippen molar-refractivity contribution in [2.75, 3.05) is 6.54 Å². The van der Waals surface area contributed by atoms with Crippen molar-refractivity contribution in [3.8, 4) is 6.07 Å². The number of urea groups is 1. The third kappa shape index (κ3) is 5.15. The van der Waals surface area contributed by atoms with E-state index in [-0.39, 0.29) is 12.5 Å². The van der Waals surface area contributed by atoms with Crippen molar-refractivity contribution in [2.24, 2.45) is 0 Å². The zero-order valence-corrected chi connectivity index (χ0v) is 13.4. The summed E-state index contributed by atoms with van der Waals surface area (Å²) in [7, 11) is 0. The van der Waals surface area contributed by atoms with Gasteiger partial charge in [-0.25, -0.2) is 4.79 Å². The molecule has 0 heterocycles. The number of nitrogens with zero attached hydrogens (tertiary/aromatic N) is 1. The lowest BCUT2D eigenvalue weighted by molar-refractivity contribution is -0.121. The first-order valence-electron chi connectivity index (χ1n) is 7.51. The second-order valence-electron chi connectivity index (χ2n) is 5.61. The molecule has 0 spiro atoms. The maximum atomic E-state index is 11.9. The molecule has 3 amide bonds. The number of rotatable bonds is 5. The number of halogens is 1. The van der Waals surface area contributed by atoms with E-state index >= 15 is 0 Å². The molecule has 0 saturated heterocycles. The minimum Gasteiger partial charge on any atom is -0.336 e. The van der Waals surface area contributed by atoms with Gasteiger partial charge in [0.05, 0.1) is 12.6 Å². The summed E-state index contributed by atoms with van der Waals surface area (Å²) in [6.07, 6.45) is 3.20. The molecule has 1 aliphatic carbocycles. The number of hydrogen-bond acceptors (Lipinski definition) is 3. The van der Waals surface area contributed by atoms with E-state index in [1.54, 1.807) is 12.1 Å². The van der Waals surface area contributed by atoms with E-state index in [4.69, 9.17) is 11.6 Å². The van der Waals surface area contributed by atoms with Gasteiger partial charge >= 0.3 is 6.03 Å². The van der Waals surface area contributed by atoms with Gasteiger partial charge in [0.25, 0.3) is 0 Å². The number of benzene rings is 1. The maximum Gasteiger partial charge on any atom is 0.315 e. The van der Waals surface area contributed by atoms with Crippen LogP contribution in [-0.2, 0) is 11.3 Å². The van der Waals surface area contributed by atoms with Crippen molar-refractivity contribution in [2.45, 2.75) is 37.8 Å². The first kappa shape index (κ1) is 17.1. The molecule has 122 valence electrons. The average molecular weight is 335 g/mol. The quantitative estimate of drug-likeness (QED) is 0.769. The molecular formula is C16H19ClN4O2. The largest absolute Gasteiger partial charge is 0.336 e. The van der Waals surface area contributed by atoms with Crippen molar-refractivity contribution in [1.82, 2.24) is 16.0 Å². The normalized spacial score (nSPS) is 15.5. The van der Waals surface area contributed by atoms with Crippen LogP contribution in [0.15, 0.2) is 24.3 Å². The molecule has 23 heavy (non-hydrogen) atoms. The topological polar surface area (TPSA) is 94.0 Å². The molecule has 1 aromatic carbocycles. The lowest BCUT2D eigenvalue weighted by Crippen LogP contribution is -2.50. The Bertz CT molecular complexity index is 604. The van der Waals surface area contributed by atoms with E-state index in [1.165, 1.54) is 0 Å². The zero-order chi connectivity index (χ0) is 16.7. The molecule has 0 radical (unpaired) electrons. The summed E-state index contributed by atoms with van der Waals surface area (Å²) < 4.78 is 0. The van der Waals surface area contributed by atoms with Crippen LogP contribution in [-0.4, -0.2) is 24.0 Å². The van der Waals surface area contributed by atoms with Crippen molar-refractivity contribution >= 4 is 23.5 Å². The minimum atomic E-state index is -0.765. The molecule has 3 N–H and O–H groups in total. The van der Waals surface area contributed by atoms with Gasteiger partial charge in [0, 0.05) is 11.6 Å². The van der Waals surface area contributed by atoms with Crippen LogP contribution in [0.2, 0.25) is 5.02 Å². The highest BCUT2D eigenvalue weighted by Crippen LogP contribution is 2.28. The molecule has 7 heteroatoms. The summed E-state index contributed by atoms with van der Waals surface area (Å²) in [6, 6.07) is 8.85. The smallest absolute Gasteiger partial charge is 0.315 e. The Balaban J connectivity index is 1.70. The van der Waals surface area contributed by atoms with Crippen LogP contribution in [0, 0.1) is 11.3 Å². The van der Waals surface area contributed by atoms with Gasteiger partial charge in [-0.1, -0.05) is 23.7 Å². The highest BCUT2D eigenvalue weighted by Gasteiger charge is 2.35. The van der Waals surface area contributed by atoms with Gasteiger partial charge in [-0.3, -0.25) is 4.79 Å². The van der Waals surface area contributed by atoms with Crippen LogP contribution in [0.5, 0.6) is 0 Å². The Morgan fingerprint density at radius 3 is 2.43 bits per heavy atom. The van der Waals surface area contributed by atoms with Gasteiger partial charge in [0.1, 0.15) is 5.54 Å². The standard InChI is InChI=1S/C16H19ClN4O2/c17-13-5-3-12(4-6-13)9-19-15(23)20-10-14(22)21-16(11-18)7-1-2-8-16/h3-6H,1-2,7-10H2,(H,21,22)(H2,19,20,23). The van der Waals surface area contributed by atoms with E-state index in [2.05, 4.69) is 22.0 Å². The van der Waals surface area contributed by atoms with Crippen LogP contribution in [0.1, 0.15) is 31.2 Å². The SMILES string of the molecule is N#CC1(NC(=O)CNC(=O)NCc2ccc(Cl)cc2)CCCC1. The Morgan fingerprint density at radius 1 is 1.17 bits per heavy atom. The molecule has 2 rings (SSSR count). The predicted molar refractivity (Wildman–Crippen MR) is 86.6 cm³/mol. The summed E-state index contributed by atoms with van der Waals surface area (Å²) in [5, 5.41) is 17.7. The highest BCUT2D eigenvalue weighted by atomic mass is 35.5. The number of nitriles is 1. The molecule has 6 nitrogen and oxygen atoms in total. The lowest BCUT2D eigenvalue weighted by atomic mass is 10.00. The van der Waals surface area contributed by atoms with Crippen LogP contribution < -0.4 is 16.0 Å². The first-order valence-corrected chi connectivity index (χ1v) is 7.89. The summed E-state index contributed by atoms with van der Waals surface area (Å²) >= 11 is 5.78. The molecule has 0 unspecified atom stereocenters. The predicted octanol–water partition coefficient (Wildman–Crippen LogP) is 2.09. The van der Waals surface area contributed by atoms with E-state index in [1.807, 2.05) is 12.1 Å². The van der Waals surface area contributed by atoms with Gasteiger partial charge in [-0.15, -0.1) is 0 Å². The maximum absolute atomic E-state index is 11.9. The fourth-order valence-corrected chi connectivity index (χ4v) is 2.69. The number of amides is 3. The van der Waals surface area contributed by atoms with Gasteiger partial charge < -0.3 is 16.0 Å². The second-order valence-corrected chi connectivity index (χ2v) is 6.05. The number of nitrogens with one attached hydrogen (secondary N) is 3. The molecular weight excluding hydrogens is 316 g/mol. The summed E-state index contributed by atoms with van der Waals surface area (Å²) in [6.45, 7) is 0.183. The van der Waals surface area contributed by atoms with Crippen LogP contribution in [0.3, 0.4) is 0 Å². The van der Waals surface area contributed by atoms with E-state index in [0.717, 1.165) is 18.4 Å². The second kappa shape index (κ2) is 7.84. The Labute approximate surface area is 140 Å². The Kier molecular flexibility index (Phi) is 5.83. The highest BCUT2D eigenvalue weighted by molar-refractivity contribution is 6.30. The van der Waals surface area contributed by atoms with Gasteiger partial charge in [0.2, 0.25) is 5.91 Å².